The smallest absolute Gasteiger partial charge is 0.319 e. The fraction of sp³-hybridized carbons (Fsp3) is 0.167. The van der Waals surface area contributed by atoms with Crippen LogP contribution < -0.4 is 10.6 Å². The van der Waals surface area contributed by atoms with E-state index in [0.717, 1.165) is 5.00 Å². The summed E-state index contributed by atoms with van der Waals surface area (Å²) in [5.41, 5.74) is 5.01. The highest BCUT2D eigenvalue weighted by molar-refractivity contribution is 7.13. The number of rotatable bonds is 1. The van der Waals surface area contributed by atoms with Gasteiger partial charge >= 0.3 is 6.03 Å². The van der Waals surface area contributed by atoms with Gasteiger partial charge < -0.3 is 5.73 Å². The van der Waals surface area contributed by atoms with E-state index in [1.165, 1.54) is 16.2 Å². The summed E-state index contributed by atoms with van der Waals surface area (Å²) in [6, 6.07) is 3.09. The molecule has 0 aliphatic heterocycles. The molecule has 2 amide bonds. The Morgan fingerprint density at radius 3 is 3.00 bits per heavy atom. The van der Waals surface area contributed by atoms with Gasteiger partial charge in [-0.15, -0.1) is 11.3 Å². The zero-order chi connectivity index (χ0) is 7.56. The zero-order valence-corrected chi connectivity index (χ0v) is 6.31. The van der Waals surface area contributed by atoms with Crippen LogP contribution in [0.15, 0.2) is 12.1 Å². The SMILES string of the molecule is CN(C(N)=O)c1cc[c]s1. The lowest BCUT2D eigenvalue weighted by Crippen LogP contribution is -2.30. The van der Waals surface area contributed by atoms with Gasteiger partial charge in [-0.1, -0.05) is 0 Å². The minimum absolute atomic E-state index is 0.448. The maximum Gasteiger partial charge on any atom is 0.319 e. The number of nitrogens with two attached hydrogens (primary N) is 1. The van der Waals surface area contributed by atoms with Crippen LogP contribution in [0, 0.1) is 5.38 Å². The molecule has 3 nitrogen and oxygen atoms in total. The van der Waals surface area contributed by atoms with Gasteiger partial charge in [0.05, 0.1) is 5.00 Å². The Balaban J connectivity index is 2.77. The molecule has 0 saturated heterocycles. The van der Waals surface area contributed by atoms with Crippen LogP contribution in [-0.4, -0.2) is 13.1 Å². The van der Waals surface area contributed by atoms with Crippen LogP contribution in [0.4, 0.5) is 9.80 Å². The van der Waals surface area contributed by atoms with Crippen molar-refractivity contribution in [3.05, 3.63) is 17.5 Å². The molecule has 1 radical (unpaired) electrons. The Morgan fingerprint density at radius 2 is 2.60 bits per heavy atom. The number of anilines is 1. The number of thiophene rings is 1. The maximum absolute atomic E-state index is 10.5. The highest BCUT2D eigenvalue weighted by Gasteiger charge is 2.05. The van der Waals surface area contributed by atoms with Gasteiger partial charge in [0, 0.05) is 12.4 Å². The second-order valence-electron chi connectivity index (χ2n) is 1.79. The number of hydrogen-bond acceptors (Lipinski definition) is 2. The third kappa shape index (κ3) is 1.27. The van der Waals surface area contributed by atoms with E-state index in [-0.39, 0.29) is 0 Å². The largest absolute Gasteiger partial charge is 0.351 e. The van der Waals surface area contributed by atoms with E-state index < -0.39 is 6.03 Å². The minimum Gasteiger partial charge on any atom is -0.351 e. The zero-order valence-electron chi connectivity index (χ0n) is 5.50. The number of carbonyl (C=O) groups excluding carboxylic acids is 1. The number of hydrogen-bond donors (Lipinski definition) is 1. The molecule has 0 saturated carbocycles. The van der Waals surface area contributed by atoms with Crippen LogP contribution in [0.3, 0.4) is 0 Å². The average Bonchev–Trinajstić information content (AvgIpc) is 2.36. The predicted molar refractivity (Wildman–Crippen MR) is 41.1 cm³/mol. The van der Waals surface area contributed by atoms with E-state index in [4.69, 9.17) is 5.73 Å². The fourth-order valence-corrected chi connectivity index (χ4v) is 1.14. The monoisotopic (exact) mass is 155 g/mol. The summed E-state index contributed by atoms with van der Waals surface area (Å²) in [7, 11) is 1.63. The second kappa shape index (κ2) is 2.70. The van der Waals surface area contributed by atoms with Crippen LogP contribution in [0.2, 0.25) is 0 Å². The lowest BCUT2D eigenvalue weighted by Gasteiger charge is -2.09. The van der Waals surface area contributed by atoms with Crippen molar-refractivity contribution in [2.45, 2.75) is 0 Å². The summed E-state index contributed by atoms with van der Waals surface area (Å²) in [5, 5.41) is 3.67. The number of carbonyl (C=O) groups is 1. The highest BCUT2D eigenvalue weighted by atomic mass is 32.1. The molecule has 1 heterocycles. The van der Waals surface area contributed by atoms with Crippen molar-refractivity contribution in [3.63, 3.8) is 0 Å². The van der Waals surface area contributed by atoms with E-state index in [1.807, 2.05) is 0 Å². The topological polar surface area (TPSA) is 46.3 Å². The van der Waals surface area contributed by atoms with Crippen LogP contribution >= 0.6 is 11.3 Å². The van der Waals surface area contributed by atoms with E-state index in [1.54, 1.807) is 19.2 Å². The molecule has 0 atom stereocenters. The van der Waals surface area contributed by atoms with Gasteiger partial charge in [0.2, 0.25) is 0 Å². The van der Waals surface area contributed by atoms with Crippen molar-refractivity contribution in [2.24, 2.45) is 5.73 Å². The summed E-state index contributed by atoms with van der Waals surface area (Å²) in [6.07, 6.45) is 0. The first kappa shape index (κ1) is 7.08. The molecule has 4 heteroatoms. The number of urea groups is 1. The predicted octanol–water partition coefficient (Wildman–Crippen LogP) is 1.06. The molecule has 2 N–H and O–H groups in total. The number of nitrogens with zero attached hydrogens (tertiary/aromatic N) is 1. The van der Waals surface area contributed by atoms with Gasteiger partial charge in [-0.3, -0.25) is 4.90 Å². The Morgan fingerprint density at radius 1 is 1.90 bits per heavy atom. The average molecular weight is 155 g/mol. The van der Waals surface area contributed by atoms with Crippen LogP contribution in [0.5, 0.6) is 0 Å². The fourth-order valence-electron chi connectivity index (χ4n) is 0.523. The third-order valence-electron chi connectivity index (χ3n) is 1.12. The normalized spacial score (nSPS) is 9.30. The first-order valence-corrected chi connectivity index (χ1v) is 3.52. The van der Waals surface area contributed by atoms with Gasteiger partial charge in [0.1, 0.15) is 0 Å². The van der Waals surface area contributed by atoms with Gasteiger partial charge in [-0.05, 0) is 12.1 Å². The van der Waals surface area contributed by atoms with Gasteiger partial charge in [-0.2, -0.15) is 0 Å². The van der Waals surface area contributed by atoms with Crippen LogP contribution in [0.1, 0.15) is 0 Å². The number of amides is 2. The lowest BCUT2D eigenvalue weighted by atomic mass is 10.6. The van der Waals surface area contributed by atoms with Crippen molar-refractivity contribution < 1.29 is 4.79 Å². The quantitative estimate of drug-likeness (QED) is 0.647. The Labute approximate surface area is 63.1 Å². The molecule has 0 unspecified atom stereocenters. The molecule has 53 valence electrons. The van der Waals surface area contributed by atoms with E-state index in [9.17, 15) is 4.79 Å². The molecule has 1 aromatic rings. The van der Waals surface area contributed by atoms with Crippen molar-refractivity contribution in [3.8, 4) is 0 Å². The van der Waals surface area contributed by atoms with E-state index in [0.29, 0.717) is 0 Å². The number of primary amides is 1. The second-order valence-corrected chi connectivity index (χ2v) is 2.65. The van der Waals surface area contributed by atoms with Gasteiger partial charge in [0.25, 0.3) is 0 Å². The maximum atomic E-state index is 10.5. The van der Waals surface area contributed by atoms with Gasteiger partial charge in [-0.25, -0.2) is 4.79 Å². The Bertz CT molecular complexity index is 220. The molecule has 0 aromatic carbocycles. The first-order valence-electron chi connectivity index (χ1n) is 2.71. The summed E-state index contributed by atoms with van der Waals surface area (Å²) in [5.74, 6) is 0. The van der Waals surface area contributed by atoms with Crippen molar-refractivity contribution in [1.29, 1.82) is 0 Å². The standard InChI is InChI=1S/C6H7N2OS/c1-8(6(7)9)5-3-2-4-10-5/h2-3H,1H3,(H2,7,9). The van der Waals surface area contributed by atoms with Crippen molar-refractivity contribution >= 4 is 22.4 Å². The molecular weight excluding hydrogens is 148 g/mol. The summed E-state index contributed by atoms with van der Waals surface area (Å²) in [6.45, 7) is 0. The molecular formula is C6H7N2OS. The molecule has 0 bridgehead atoms. The minimum atomic E-state index is -0.448. The molecule has 0 spiro atoms. The van der Waals surface area contributed by atoms with Gasteiger partial charge in [0.15, 0.2) is 0 Å². The summed E-state index contributed by atoms with van der Waals surface area (Å²) < 4.78 is 0. The van der Waals surface area contributed by atoms with E-state index in [2.05, 4.69) is 5.38 Å². The Hall–Kier alpha value is -1.03. The molecule has 1 rings (SSSR count). The molecule has 10 heavy (non-hydrogen) atoms. The van der Waals surface area contributed by atoms with Crippen molar-refractivity contribution in [1.82, 2.24) is 0 Å². The summed E-state index contributed by atoms with van der Waals surface area (Å²) >= 11 is 1.36. The molecule has 1 aromatic heterocycles. The molecule has 0 aliphatic carbocycles. The third-order valence-corrected chi connectivity index (χ3v) is 1.99. The lowest BCUT2D eigenvalue weighted by molar-refractivity contribution is 0.255. The van der Waals surface area contributed by atoms with E-state index >= 15 is 0 Å². The van der Waals surface area contributed by atoms with Crippen LogP contribution in [-0.2, 0) is 0 Å². The van der Waals surface area contributed by atoms with Crippen molar-refractivity contribution in [2.75, 3.05) is 11.9 Å². The highest BCUT2D eigenvalue weighted by Crippen LogP contribution is 2.18. The molecule has 0 fully saturated rings. The van der Waals surface area contributed by atoms with Crippen LogP contribution in [0.25, 0.3) is 0 Å². The molecule has 0 aliphatic rings. The summed E-state index contributed by atoms with van der Waals surface area (Å²) in [4.78, 5) is 11.9. The first-order chi connectivity index (χ1) is 4.72. The Kier molecular flexibility index (Phi) is 1.91.